The van der Waals surface area contributed by atoms with E-state index in [-0.39, 0.29) is 0 Å². The zero-order valence-electron chi connectivity index (χ0n) is 12.3. The molecular weight excluding hydrogens is 354 g/mol. The van der Waals surface area contributed by atoms with E-state index in [0.717, 1.165) is 16.6 Å². The van der Waals surface area contributed by atoms with Crippen molar-refractivity contribution in [2.24, 2.45) is 5.92 Å². The molecule has 2 N–H and O–H groups in total. The standard InChI is InChI=1S/C16H23BrClNO2/c1-11-4-2-3-5-16(11)21-10-13(20)9-19-15-7-6-12(17)8-14(15)18/h6-8,11,13,16,19-20H,2-5,9-10H2,1H3. The summed E-state index contributed by atoms with van der Waals surface area (Å²) < 4.78 is 6.80. The number of anilines is 1. The monoisotopic (exact) mass is 375 g/mol. The fraction of sp³-hybridized carbons (Fsp3) is 0.625. The van der Waals surface area contributed by atoms with E-state index >= 15 is 0 Å². The molecular formula is C16H23BrClNO2. The number of halogens is 2. The van der Waals surface area contributed by atoms with Crippen LogP contribution in [0.5, 0.6) is 0 Å². The Balaban J connectivity index is 1.73. The third kappa shape index (κ3) is 5.44. The molecule has 1 aliphatic rings. The van der Waals surface area contributed by atoms with Crippen LogP contribution in [-0.4, -0.2) is 30.5 Å². The molecule has 2 rings (SSSR count). The van der Waals surface area contributed by atoms with Gasteiger partial charge < -0.3 is 15.2 Å². The Morgan fingerprint density at radius 3 is 2.90 bits per heavy atom. The summed E-state index contributed by atoms with van der Waals surface area (Å²) in [7, 11) is 0. The molecule has 118 valence electrons. The van der Waals surface area contributed by atoms with Gasteiger partial charge in [-0.15, -0.1) is 0 Å². The highest BCUT2D eigenvalue weighted by Crippen LogP contribution is 2.27. The van der Waals surface area contributed by atoms with Gasteiger partial charge in [0.15, 0.2) is 0 Å². The molecule has 0 aliphatic heterocycles. The van der Waals surface area contributed by atoms with Crippen molar-refractivity contribution in [3.05, 3.63) is 27.7 Å². The molecule has 3 atom stereocenters. The van der Waals surface area contributed by atoms with Gasteiger partial charge in [-0.1, -0.05) is 47.3 Å². The molecule has 1 aromatic rings. The van der Waals surface area contributed by atoms with E-state index in [4.69, 9.17) is 16.3 Å². The van der Waals surface area contributed by atoms with E-state index in [9.17, 15) is 5.11 Å². The first-order valence-corrected chi connectivity index (χ1v) is 8.72. The Morgan fingerprint density at radius 2 is 2.19 bits per heavy atom. The molecule has 1 fully saturated rings. The van der Waals surface area contributed by atoms with Crippen molar-refractivity contribution >= 4 is 33.2 Å². The number of rotatable bonds is 6. The van der Waals surface area contributed by atoms with Crippen LogP contribution in [0.15, 0.2) is 22.7 Å². The van der Waals surface area contributed by atoms with Crippen molar-refractivity contribution in [3.8, 4) is 0 Å². The van der Waals surface area contributed by atoms with Gasteiger partial charge >= 0.3 is 0 Å². The molecule has 0 heterocycles. The Kier molecular flexibility index (Phi) is 6.80. The van der Waals surface area contributed by atoms with Gasteiger partial charge in [0.25, 0.3) is 0 Å². The van der Waals surface area contributed by atoms with Gasteiger partial charge in [-0.25, -0.2) is 0 Å². The van der Waals surface area contributed by atoms with Crippen LogP contribution in [0.3, 0.4) is 0 Å². The topological polar surface area (TPSA) is 41.5 Å². The van der Waals surface area contributed by atoms with Gasteiger partial charge in [0, 0.05) is 11.0 Å². The Labute approximate surface area is 140 Å². The molecule has 3 unspecified atom stereocenters. The van der Waals surface area contributed by atoms with Crippen LogP contribution in [-0.2, 0) is 4.74 Å². The van der Waals surface area contributed by atoms with Crippen molar-refractivity contribution in [2.75, 3.05) is 18.5 Å². The highest BCUT2D eigenvalue weighted by atomic mass is 79.9. The third-order valence-electron chi connectivity index (χ3n) is 3.99. The molecule has 1 aromatic carbocycles. The normalized spacial score (nSPS) is 23.8. The summed E-state index contributed by atoms with van der Waals surface area (Å²) in [5.74, 6) is 0.597. The number of nitrogens with one attached hydrogen (secondary N) is 1. The number of benzene rings is 1. The molecule has 5 heteroatoms. The molecule has 0 spiro atoms. The number of ether oxygens (including phenoxy) is 1. The van der Waals surface area contributed by atoms with Crippen LogP contribution < -0.4 is 5.32 Å². The summed E-state index contributed by atoms with van der Waals surface area (Å²) >= 11 is 9.49. The number of aliphatic hydroxyl groups excluding tert-OH is 1. The molecule has 0 radical (unpaired) electrons. The Morgan fingerprint density at radius 1 is 1.43 bits per heavy atom. The van der Waals surface area contributed by atoms with Crippen LogP contribution >= 0.6 is 27.5 Å². The predicted octanol–water partition coefficient (Wildman–Crippen LogP) is 4.47. The molecule has 1 saturated carbocycles. The minimum Gasteiger partial charge on any atom is -0.389 e. The first-order chi connectivity index (χ1) is 10.1. The largest absolute Gasteiger partial charge is 0.389 e. The van der Waals surface area contributed by atoms with Crippen molar-refractivity contribution in [1.82, 2.24) is 0 Å². The number of hydrogen-bond acceptors (Lipinski definition) is 3. The van der Waals surface area contributed by atoms with Crippen molar-refractivity contribution in [2.45, 2.75) is 44.8 Å². The van der Waals surface area contributed by atoms with Gasteiger partial charge in [-0.3, -0.25) is 0 Å². The van der Waals surface area contributed by atoms with Gasteiger partial charge in [-0.2, -0.15) is 0 Å². The van der Waals surface area contributed by atoms with Crippen LogP contribution in [0, 0.1) is 5.92 Å². The number of aliphatic hydroxyl groups is 1. The highest BCUT2D eigenvalue weighted by Gasteiger charge is 2.22. The van der Waals surface area contributed by atoms with E-state index in [1.54, 1.807) is 0 Å². The lowest BCUT2D eigenvalue weighted by Crippen LogP contribution is -2.32. The molecule has 1 aliphatic carbocycles. The molecule has 0 aromatic heterocycles. The summed E-state index contributed by atoms with van der Waals surface area (Å²) in [5, 5.41) is 13.8. The second-order valence-corrected chi connectivity index (χ2v) is 7.12. The first kappa shape index (κ1) is 17.1. The van der Waals surface area contributed by atoms with E-state index in [2.05, 4.69) is 28.2 Å². The summed E-state index contributed by atoms with van der Waals surface area (Å²) in [4.78, 5) is 0. The van der Waals surface area contributed by atoms with E-state index < -0.39 is 6.10 Å². The zero-order valence-corrected chi connectivity index (χ0v) is 14.7. The third-order valence-corrected chi connectivity index (χ3v) is 4.80. The Hall–Kier alpha value is -0.290. The maximum absolute atomic E-state index is 10.0. The smallest absolute Gasteiger partial charge is 0.0945 e. The summed E-state index contributed by atoms with van der Waals surface area (Å²) in [5.41, 5.74) is 0.824. The van der Waals surface area contributed by atoms with E-state index in [1.807, 2.05) is 18.2 Å². The summed E-state index contributed by atoms with van der Waals surface area (Å²) in [6, 6.07) is 5.64. The maximum atomic E-state index is 10.0. The second kappa shape index (κ2) is 8.37. The first-order valence-electron chi connectivity index (χ1n) is 7.55. The van der Waals surface area contributed by atoms with Crippen molar-refractivity contribution in [1.29, 1.82) is 0 Å². The fourth-order valence-electron chi connectivity index (χ4n) is 2.68. The van der Waals surface area contributed by atoms with Crippen LogP contribution in [0.4, 0.5) is 5.69 Å². The van der Waals surface area contributed by atoms with Gasteiger partial charge in [0.1, 0.15) is 0 Å². The lowest BCUT2D eigenvalue weighted by atomic mass is 9.88. The Bertz CT molecular complexity index is 458. The quantitative estimate of drug-likeness (QED) is 0.769. The lowest BCUT2D eigenvalue weighted by molar-refractivity contribution is -0.0424. The summed E-state index contributed by atoms with van der Waals surface area (Å²) in [6.07, 6.45) is 4.64. The average Bonchev–Trinajstić information content (AvgIpc) is 2.45. The molecule has 0 saturated heterocycles. The predicted molar refractivity (Wildman–Crippen MR) is 91.0 cm³/mol. The lowest BCUT2D eigenvalue weighted by Gasteiger charge is -2.29. The molecule has 3 nitrogen and oxygen atoms in total. The minimum absolute atomic E-state index is 0.296. The molecule has 0 amide bonds. The van der Waals surface area contributed by atoms with E-state index in [1.165, 1.54) is 19.3 Å². The van der Waals surface area contributed by atoms with E-state index in [0.29, 0.717) is 30.2 Å². The minimum atomic E-state index is -0.529. The second-order valence-electron chi connectivity index (χ2n) is 5.79. The maximum Gasteiger partial charge on any atom is 0.0945 e. The highest BCUT2D eigenvalue weighted by molar-refractivity contribution is 9.10. The van der Waals surface area contributed by atoms with Crippen LogP contribution in [0.1, 0.15) is 32.6 Å². The van der Waals surface area contributed by atoms with Crippen LogP contribution in [0.25, 0.3) is 0 Å². The molecule has 21 heavy (non-hydrogen) atoms. The number of hydrogen-bond donors (Lipinski definition) is 2. The van der Waals surface area contributed by atoms with Gasteiger partial charge in [-0.05, 0) is 37.0 Å². The summed E-state index contributed by atoms with van der Waals surface area (Å²) in [6.45, 7) is 3.04. The fourth-order valence-corrected chi connectivity index (χ4v) is 3.42. The average molecular weight is 377 g/mol. The zero-order chi connectivity index (χ0) is 15.2. The van der Waals surface area contributed by atoms with Crippen molar-refractivity contribution < 1.29 is 9.84 Å². The van der Waals surface area contributed by atoms with Gasteiger partial charge in [0.05, 0.1) is 29.5 Å². The van der Waals surface area contributed by atoms with Gasteiger partial charge in [0.2, 0.25) is 0 Å². The molecule has 0 bridgehead atoms. The van der Waals surface area contributed by atoms with Crippen molar-refractivity contribution in [3.63, 3.8) is 0 Å². The van der Waals surface area contributed by atoms with Crippen LogP contribution in [0.2, 0.25) is 5.02 Å². The SMILES string of the molecule is CC1CCCCC1OCC(O)CNc1ccc(Br)cc1Cl.